The van der Waals surface area contributed by atoms with Gasteiger partial charge in [0, 0.05) is 11.1 Å². The first-order chi connectivity index (χ1) is 14.1. The van der Waals surface area contributed by atoms with Gasteiger partial charge in [0.15, 0.2) is 5.60 Å². The molecule has 146 valence electrons. The molecular weight excluding hydrogens is 368 g/mol. The van der Waals surface area contributed by atoms with Crippen molar-refractivity contribution in [3.63, 3.8) is 0 Å². The second kappa shape index (κ2) is 7.80. The molecule has 0 amide bonds. The molecule has 5 heteroatoms. The summed E-state index contributed by atoms with van der Waals surface area (Å²) < 4.78 is 17.1. The van der Waals surface area contributed by atoms with Gasteiger partial charge in [-0.15, -0.1) is 0 Å². The second-order valence-electron chi connectivity index (χ2n) is 6.94. The first-order valence-electron chi connectivity index (χ1n) is 9.34. The summed E-state index contributed by atoms with van der Waals surface area (Å²) in [6, 6.07) is 24.0. The fourth-order valence-electron chi connectivity index (χ4n) is 3.54. The summed E-state index contributed by atoms with van der Waals surface area (Å²) in [7, 11) is 0. The average molecular weight is 388 g/mol. The number of rotatable bonds is 5. The third-order valence-electron chi connectivity index (χ3n) is 5.08. The molecule has 0 aromatic heterocycles. The third-order valence-corrected chi connectivity index (χ3v) is 5.08. The van der Waals surface area contributed by atoms with Crippen LogP contribution < -0.4 is 4.74 Å². The van der Waals surface area contributed by atoms with Crippen LogP contribution in [0.2, 0.25) is 0 Å². The van der Waals surface area contributed by atoms with Crippen molar-refractivity contribution in [3.05, 3.63) is 95.6 Å². The normalized spacial score (nSPS) is 14.5. The fourth-order valence-corrected chi connectivity index (χ4v) is 3.54. The van der Waals surface area contributed by atoms with Crippen molar-refractivity contribution in [3.8, 4) is 11.5 Å². The highest BCUT2D eigenvalue weighted by molar-refractivity contribution is 5.67. The molecule has 5 nitrogen and oxygen atoms in total. The number of carbonyl (C=O) groups is 2. The van der Waals surface area contributed by atoms with E-state index in [2.05, 4.69) is 0 Å². The van der Waals surface area contributed by atoms with Crippen molar-refractivity contribution in [1.82, 2.24) is 0 Å². The van der Waals surface area contributed by atoms with E-state index in [0.29, 0.717) is 11.5 Å². The molecule has 0 saturated heterocycles. The summed E-state index contributed by atoms with van der Waals surface area (Å²) in [6.07, 6.45) is -0.0783. The number of ether oxygens (including phenoxy) is 3. The van der Waals surface area contributed by atoms with E-state index in [4.69, 9.17) is 14.2 Å². The second-order valence-corrected chi connectivity index (χ2v) is 6.94. The van der Waals surface area contributed by atoms with Gasteiger partial charge in [-0.2, -0.15) is 0 Å². The predicted octanol–water partition coefficient (Wildman–Crippen LogP) is 5.19. The molecule has 3 aromatic rings. The minimum absolute atomic E-state index is 0.0950. The van der Waals surface area contributed by atoms with Crippen molar-refractivity contribution in [1.29, 1.82) is 0 Å². The van der Waals surface area contributed by atoms with E-state index < -0.39 is 17.7 Å². The Bertz CT molecular complexity index is 983. The van der Waals surface area contributed by atoms with E-state index in [0.717, 1.165) is 23.0 Å². The largest absolute Gasteiger partial charge is 0.509 e. The minimum Gasteiger partial charge on any atom is -0.456 e. The van der Waals surface area contributed by atoms with Crippen molar-refractivity contribution < 1.29 is 23.8 Å². The Morgan fingerprint density at radius 2 is 1.48 bits per heavy atom. The molecule has 1 atom stereocenters. The molecule has 0 spiro atoms. The van der Waals surface area contributed by atoms with Crippen LogP contribution in [0.15, 0.2) is 78.9 Å². The summed E-state index contributed by atoms with van der Waals surface area (Å²) in [4.78, 5) is 24.0. The van der Waals surface area contributed by atoms with E-state index in [1.807, 2.05) is 85.8 Å². The number of fused-ring (bicyclic) bond motifs is 2. The SMILES string of the molecule is CC1(OC(=O)OCC(C=O)c2ccccc2)c2ccccc2Oc2ccccc21. The number of aldehydes is 1. The van der Waals surface area contributed by atoms with E-state index in [1.165, 1.54) is 0 Å². The lowest BCUT2D eigenvalue weighted by Crippen LogP contribution is -2.34. The smallest absolute Gasteiger partial charge is 0.456 e. The number of benzene rings is 3. The summed E-state index contributed by atoms with van der Waals surface area (Å²) in [6.45, 7) is 1.71. The molecule has 1 heterocycles. The van der Waals surface area contributed by atoms with Crippen LogP contribution in [-0.4, -0.2) is 19.0 Å². The van der Waals surface area contributed by atoms with Crippen LogP contribution in [0.5, 0.6) is 11.5 Å². The Morgan fingerprint density at radius 1 is 0.931 bits per heavy atom. The van der Waals surface area contributed by atoms with Crippen LogP contribution in [0.4, 0.5) is 4.79 Å². The molecule has 29 heavy (non-hydrogen) atoms. The van der Waals surface area contributed by atoms with Gasteiger partial charge in [-0.3, -0.25) is 0 Å². The molecule has 0 fully saturated rings. The zero-order valence-electron chi connectivity index (χ0n) is 15.9. The number of carbonyl (C=O) groups excluding carboxylic acids is 2. The van der Waals surface area contributed by atoms with Gasteiger partial charge >= 0.3 is 6.16 Å². The van der Waals surface area contributed by atoms with Gasteiger partial charge in [0.1, 0.15) is 24.4 Å². The molecule has 0 bridgehead atoms. The van der Waals surface area contributed by atoms with Crippen LogP contribution in [0, 0.1) is 0 Å². The molecule has 0 aliphatic carbocycles. The third kappa shape index (κ3) is 3.59. The monoisotopic (exact) mass is 388 g/mol. The quantitative estimate of drug-likeness (QED) is 0.444. The van der Waals surface area contributed by atoms with E-state index >= 15 is 0 Å². The summed E-state index contributed by atoms with van der Waals surface area (Å²) in [5.41, 5.74) is 1.16. The lowest BCUT2D eigenvalue weighted by Gasteiger charge is -2.36. The minimum atomic E-state index is -1.08. The standard InChI is InChI=1S/C24H20O5/c1-24(29-23(26)27-16-18(15-25)17-9-3-2-4-10-17)19-11-5-7-13-21(19)28-22-14-8-6-12-20(22)24/h2-15,18H,16H2,1H3. The van der Waals surface area contributed by atoms with Gasteiger partial charge in [0.05, 0.1) is 5.92 Å². The number of para-hydroxylation sites is 2. The molecule has 4 rings (SSSR count). The van der Waals surface area contributed by atoms with Crippen LogP contribution in [-0.2, 0) is 19.9 Å². The van der Waals surface area contributed by atoms with Crippen LogP contribution >= 0.6 is 0 Å². The lowest BCUT2D eigenvalue weighted by molar-refractivity contribution is -0.110. The Hall–Kier alpha value is -3.60. The zero-order valence-corrected chi connectivity index (χ0v) is 15.9. The predicted molar refractivity (Wildman–Crippen MR) is 107 cm³/mol. The summed E-state index contributed by atoms with van der Waals surface area (Å²) >= 11 is 0. The molecule has 1 aliphatic rings. The Kier molecular flexibility index (Phi) is 5.04. The molecule has 0 saturated carbocycles. The lowest BCUT2D eigenvalue weighted by atomic mass is 9.85. The molecule has 1 unspecified atom stereocenters. The molecule has 0 N–H and O–H groups in total. The number of hydrogen-bond donors (Lipinski definition) is 0. The van der Waals surface area contributed by atoms with Crippen molar-refractivity contribution >= 4 is 12.4 Å². The topological polar surface area (TPSA) is 61.8 Å². The van der Waals surface area contributed by atoms with E-state index in [1.54, 1.807) is 0 Å². The Labute approximate surface area is 168 Å². The first-order valence-corrected chi connectivity index (χ1v) is 9.34. The summed E-state index contributed by atoms with van der Waals surface area (Å²) in [5, 5.41) is 0. The van der Waals surface area contributed by atoms with E-state index in [-0.39, 0.29) is 6.61 Å². The van der Waals surface area contributed by atoms with Gasteiger partial charge in [0.2, 0.25) is 0 Å². The number of hydrogen-bond acceptors (Lipinski definition) is 5. The molecular formula is C24H20O5. The van der Waals surface area contributed by atoms with Gasteiger partial charge in [-0.25, -0.2) is 4.79 Å². The first kappa shape index (κ1) is 18.7. The maximum Gasteiger partial charge on any atom is 0.509 e. The molecule has 3 aromatic carbocycles. The van der Waals surface area contributed by atoms with Crippen molar-refractivity contribution in [2.24, 2.45) is 0 Å². The Morgan fingerprint density at radius 3 is 2.07 bits per heavy atom. The fraction of sp³-hybridized carbons (Fsp3) is 0.167. The summed E-state index contributed by atoms with van der Waals surface area (Å²) in [5.74, 6) is 0.693. The molecule has 1 aliphatic heterocycles. The average Bonchev–Trinajstić information content (AvgIpc) is 2.75. The van der Waals surface area contributed by atoms with Gasteiger partial charge in [-0.1, -0.05) is 66.7 Å². The van der Waals surface area contributed by atoms with Crippen LogP contribution in [0.1, 0.15) is 29.5 Å². The van der Waals surface area contributed by atoms with E-state index in [9.17, 15) is 9.59 Å². The maximum absolute atomic E-state index is 12.6. The Balaban J connectivity index is 1.56. The highest BCUT2D eigenvalue weighted by Crippen LogP contribution is 2.48. The highest BCUT2D eigenvalue weighted by atomic mass is 16.7. The molecule has 0 radical (unpaired) electrons. The zero-order chi connectivity index (χ0) is 20.3. The maximum atomic E-state index is 12.6. The van der Waals surface area contributed by atoms with Gasteiger partial charge in [-0.05, 0) is 24.6 Å². The van der Waals surface area contributed by atoms with Crippen molar-refractivity contribution in [2.75, 3.05) is 6.61 Å². The highest BCUT2D eigenvalue weighted by Gasteiger charge is 2.42. The van der Waals surface area contributed by atoms with Crippen molar-refractivity contribution in [2.45, 2.75) is 18.4 Å². The van der Waals surface area contributed by atoms with Gasteiger partial charge < -0.3 is 19.0 Å². The van der Waals surface area contributed by atoms with Crippen LogP contribution in [0.25, 0.3) is 0 Å². The van der Waals surface area contributed by atoms with Gasteiger partial charge in [0.25, 0.3) is 0 Å². The van der Waals surface area contributed by atoms with Crippen LogP contribution in [0.3, 0.4) is 0 Å².